The van der Waals surface area contributed by atoms with Gasteiger partial charge in [-0.15, -0.1) is 0 Å². The summed E-state index contributed by atoms with van der Waals surface area (Å²) in [5.41, 5.74) is 8.58. The van der Waals surface area contributed by atoms with E-state index in [-0.39, 0.29) is 0 Å². The maximum Gasteiger partial charge on any atom is 0.178 e. The molecular formula is C13H16N4. The summed E-state index contributed by atoms with van der Waals surface area (Å²) in [5.74, 6) is 0.684. The Morgan fingerprint density at radius 2 is 1.94 bits per heavy atom. The molecule has 17 heavy (non-hydrogen) atoms. The van der Waals surface area contributed by atoms with Gasteiger partial charge in [-0.1, -0.05) is 13.0 Å². The highest BCUT2D eigenvalue weighted by atomic mass is 14.9. The first kappa shape index (κ1) is 11.7. The van der Waals surface area contributed by atoms with Crippen LogP contribution >= 0.6 is 0 Å². The van der Waals surface area contributed by atoms with Gasteiger partial charge < -0.3 is 5.73 Å². The van der Waals surface area contributed by atoms with Crippen molar-refractivity contribution in [1.82, 2.24) is 15.0 Å². The fraction of sp³-hybridized carbons (Fsp3) is 0.308. The minimum absolute atomic E-state index is 0.618. The molecule has 0 aliphatic heterocycles. The van der Waals surface area contributed by atoms with Crippen LogP contribution < -0.4 is 5.73 Å². The van der Waals surface area contributed by atoms with Gasteiger partial charge in [-0.3, -0.25) is 4.98 Å². The second-order valence-corrected chi connectivity index (χ2v) is 3.82. The van der Waals surface area contributed by atoms with E-state index in [1.54, 1.807) is 6.20 Å². The van der Waals surface area contributed by atoms with Gasteiger partial charge in [0.1, 0.15) is 5.69 Å². The quantitative estimate of drug-likeness (QED) is 0.863. The topological polar surface area (TPSA) is 64.7 Å². The van der Waals surface area contributed by atoms with E-state index in [0.717, 1.165) is 24.1 Å². The zero-order chi connectivity index (χ0) is 12.1. The molecule has 4 heteroatoms. The van der Waals surface area contributed by atoms with Crippen molar-refractivity contribution in [2.45, 2.75) is 19.8 Å². The summed E-state index contributed by atoms with van der Waals surface area (Å²) >= 11 is 0. The van der Waals surface area contributed by atoms with Gasteiger partial charge in [0.05, 0.1) is 0 Å². The van der Waals surface area contributed by atoms with Crippen LogP contribution in [0.5, 0.6) is 0 Å². The Morgan fingerprint density at radius 1 is 1.18 bits per heavy atom. The molecule has 0 spiro atoms. The number of hydrogen-bond acceptors (Lipinski definition) is 4. The number of pyridine rings is 1. The Morgan fingerprint density at radius 3 is 2.59 bits per heavy atom. The van der Waals surface area contributed by atoms with Gasteiger partial charge in [-0.25, -0.2) is 9.97 Å². The van der Waals surface area contributed by atoms with E-state index in [1.807, 2.05) is 18.5 Å². The van der Waals surface area contributed by atoms with E-state index in [0.29, 0.717) is 12.4 Å². The lowest BCUT2D eigenvalue weighted by atomic mass is 10.1. The highest BCUT2D eigenvalue weighted by molar-refractivity contribution is 5.54. The van der Waals surface area contributed by atoms with E-state index < -0.39 is 0 Å². The van der Waals surface area contributed by atoms with Crippen LogP contribution in [0, 0.1) is 0 Å². The minimum atomic E-state index is 0.618. The lowest BCUT2D eigenvalue weighted by Crippen LogP contribution is -2.04. The molecule has 88 valence electrons. The van der Waals surface area contributed by atoms with Crippen molar-refractivity contribution in [3.05, 3.63) is 41.9 Å². The Labute approximate surface area is 101 Å². The lowest BCUT2D eigenvalue weighted by molar-refractivity contribution is 0.940. The summed E-state index contributed by atoms with van der Waals surface area (Å²) < 4.78 is 0. The summed E-state index contributed by atoms with van der Waals surface area (Å²) in [6.45, 7) is 2.72. The monoisotopic (exact) mass is 228 g/mol. The summed E-state index contributed by atoms with van der Waals surface area (Å²) in [5, 5.41) is 0. The number of aryl methyl sites for hydroxylation is 1. The third-order valence-electron chi connectivity index (χ3n) is 2.62. The van der Waals surface area contributed by atoms with E-state index in [4.69, 9.17) is 5.73 Å². The smallest absolute Gasteiger partial charge is 0.178 e. The number of hydrogen-bond donors (Lipinski definition) is 1. The molecule has 2 aromatic heterocycles. The van der Waals surface area contributed by atoms with Gasteiger partial charge >= 0.3 is 0 Å². The van der Waals surface area contributed by atoms with Crippen molar-refractivity contribution < 1.29 is 0 Å². The minimum Gasteiger partial charge on any atom is -0.330 e. The molecule has 0 bridgehead atoms. The Bertz CT molecular complexity index is 479. The molecule has 0 aromatic carbocycles. The number of nitrogens with zero attached hydrogens (tertiary/aromatic N) is 3. The van der Waals surface area contributed by atoms with E-state index in [2.05, 4.69) is 27.9 Å². The molecule has 0 saturated carbocycles. The van der Waals surface area contributed by atoms with Gasteiger partial charge in [0.2, 0.25) is 0 Å². The number of nitrogens with two attached hydrogens (primary N) is 1. The molecule has 2 aromatic rings. The first-order chi connectivity index (χ1) is 8.35. The second kappa shape index (κ2) is 5.50. The largest absolute Gasteiger partial charge is 0.330 e. The van der Waals surface area contributed by atoms with Gasteiger partial charge in [-0.2, -0.15) is 0 Å². The van der Waals surface area contributed by atoms with Gasteiger partial charge in [0, 0.05) is 18.6 Å². The van der Waals surface area contributed by atoms with Crippen molar-refractivity contribution in [3.8, 4) is 11.5 Å². The van der Waals surface area contributed by atoms with Crippen LogP contribution in [0.25, 0.3) is 11.5 Å². The standard InChI is InChI=1S/C13H16N4/c1-2-11-4-3-7-15-12(11)13-16-8-10(5-6-14)9-17-13/h3-4,7-9H,2,5-6,14H2,1H3. The fourth-order valence-corrected chi connectivity index (χ4v) is 1.70. The third-order valence-corrected chi connectivity index (χ3v) is 2.62. The van der Waals surface area contributed by atoms with Gasteiger partial charge in [-0.05, 0) is 36.6 Å². The third kappa shape index (κ3) is 2.65. The zero-order valence-electron chi connectivity index (χ0n) is 9.93. The van der Waals surface area contributed by atoms with Crippen LogP contribution in [0.3, 0.4) is 0 Å². The number of aromatic nitrogens is 3. The Hall–Kier alpha value is -1.81. The van der Waals surface area contributed by atoms with Gasteiger partial charge in [0.15, 0.2) is 5.82 Å². The van der Waals surface area contributed by atoms with Crippen molar-refractivity contribution in [2.24, 2.45) is 5.73 Å². The molecule has 2 rings (SSSR count). The van der Waals surface area contributed by atoms with E-state index >= 15 is 0 Å². The second-order valence-electron chi connectivity index (χ2n) is 3.82. The van der Waals surface area contributed by atoms with Crippen molar-refractivity contribution in [1.29, 1.82) is 0 Å². The average Bonchev–Trinajstić information content (AvgIpc) is 2.40. The Kier molecular flexibility index (Phi) is 3.77. The number of rotatable bonds is 4. The van der Waals surface area contributed by atoms with Crippen LogP contribution in [0.1, 0.15) is 18.1 Å². The van der Waals surface area contributed by atoms with Crippen molar-refractivity contribution in [3.63, 3.8) is 0 Å². The predicted molar refractivity (Wildman–Crippen MR) is 67.4 cm³/mol. The molecule has 4 nitrogen and oxygen atoms in total. The molecule has 0 aliphatic carbocycles. The fourth-order valence-electron chi connectivity index (χ4n) is 1.70. The highest BCUT2D eigenvalue weighted by Crippen LogP contribution is 2.17. The molecule has 0 atom stereocenters. The van der Waals surface area contributed by atoms with Gasteiger partial charge in [0.25, 0.3) is 0 Å². The first-order valence-corrected chi connectivity index (χ1v) is 5.80. The molecule has 2 heterocycles. The highest BCUT2D eigenvalue weighted by Gasteiger charge is 2.07. The van der Waals surface area contributed by atoms with Crippen LogP contribution in [-0.4, -0.2) is 21.5 Å². The summed E-state index contributed by atoms with van der Waals surface area (Å²) in [6, 6.07) is 3.99. The van der Waals surface area contributed by atoms with Crippen LogP contribution in [-0.2, 0) is 12.8 Å². The summed E-state index contributed by atoms with van der Waals surface area (Å²) in [6.07, 6.45) is 7.15. The molecule has 0 aliphatic rings. The summed E-state index contributed by atoms with van der Waals surface area (Å²) in [4.78, 5) is 13.0. The molecule has 0 saturated heterocycles. The Balaban J connectivity index is 2.33. The molecular weight excluding hydrogens is 212 g/mol. The van der Waals surface area contributed by atoms with Crippen molar-refractivity contribution in [2.75, 3.05) is 6.54 Å². The van der Waals surface area contributed by atoms with E-state index in [9.17, 15) is 0 Å². The molecule has 0 radical (unpaired) electrons. The average molecular weight is 228 g/mol. The molecule has 0 unspecified atom stereocenters. The van der Waals surface area contributed by atoms with Crippen LogP contribution in [0.2, 0.25) is 0 Å². The van der Waals surface area contributed by atoms with Crippen molar-refractivity contribution >= 4 is 0 Å². The zero-order valence-corrected chi connectivity index (χ0v) is 9.93. The van der Waals surface area contributed by atoms with Crippen LogP contribution in [0.4, 0.5) is 0 Å². The maximum atomic E-state index is 5.49. The summed E-state index contributed by atoms with van der Waals surface area (Å²) in [7, 11) is 0. The first-order valence-electron chi connectivity index (χ1n) is 5.80. The SMILES string of the molecule is CCc1cccnc1-c1ncc(CCN)cn1. The maximum absolute atomic E-state index is 5.49. The predicted octanol–water partition coefficient (Wildman–Crippen LogP) is 1.60. The van der Waals surface area contributed by atoms with Crippen LogP contribution in [0.15, 0.2) is 30.7 Å². The van der Waals surface area contributed by atoms with E-state index in [1.165, 1.54) is 5.56 Å². The molecule has 0 amide bonds. The molecule has 0 fully saturated rings. The molecule has 2 N–H and O–H groups in total. The lowest BCUT2D eigenvalue weighted by Gasteiger charge is -2.05. The normalized spacial score (nSPS) is 10.5.